The molecule has 0 unspecified atom stereocenters. The van der Waals surface area contributed by atoms with Gasteiger partial charge in [0.2, 0.25) is 0 Å². The van der Waals surface area contributed by atoms with Crippen molar-refractivity contribution in [2.45, 2.75) is 51.5 Å². The summed E-state index contributed by atoms with van der Waals surface area (Å²) in [6.07, 6.45) is 7.07. The largest absolute Gasteiger partial charge is 0.491 e. The van der Waals surface area contributed by atoms with Crippen molar-refractivity contribution in [3.63, 3.8) is 0 Å². The predicted octanol–water partition coefficient (Wildman–Crippen LogP) is 3.12. The molecule has 4 nitrogen and oxygen atoms in total. The average Bonchev–Trinajstić information content (AvgIpc) is 2.70. The first-order valence-electron chi connectivity index (χ1n) is 7.54. The third-order valence-corrected chi connectivity index (χ3v) is 3.77. The van der Waals surface area contributed by atoms with Gasteiger partial charge in [0.1, 0.15) is 0 Å². The van der Waals surface area contributed by atoms with Gasteiger partial charge in [0.05, 0.1) is 17.9 Å². The second-order valence-electron chi connectivity index (χ2n) is 5.32. The van der Waals surface area contributed by atoms with Gasteiger partial charge in [-0.05, 0) is 31.9 Å². The quantitative estimate of drug-likeness (QED) is 0.656. The first-order chi connectivity index (χ1) is 9.72. The summed E-state index contributed by atoms with van der Waals surface area (Å²) in [6.45, 7) is 2.39. The number of benzene rings is 1. The van der Waals surface area contributed by atoms with Crippen LogP contribution in [0.25, 0.3) is 0 Å². The van der Waals surface area contributed by atoms with Crippen LogP contribution in [0.15, 0.2) is 18.2 Å². The van der Waals surface area contributed by atoms with Crippen LogP contribution in [0, 0.1) is 0 Å². The van der Waals surface area contributed by atoms with Gasteiger partial charge in [0.15, 0.2) is 5.75 Å². The Balaban J connectivity index is 2.10. The zero-order valence-corrected chi connectivity index (χ0v) is 12.2. The Morgan fingerprint density at radius 2 is 2.00 bits per heavy atom. The van der Waals surface area contributed by atoms with Gasteiger partial charge in [-0.1, -0.05) is 31.7 Å². The van der Waals surface area contributed by atoms with Crippen LogP contribution in [-0.4, -0.2) is 18.6 Å². The summed E-state index contributed by atoms with van der Waals surface area (Å²) in [5.74, 6) is 0.425. The van der Waals surface area contributed by atoms with E-state index in [0.29, 0.717) is 23.6 Å². The molecule has 0 radical (unpaired) electrons. The molecular weight excluding hydrogens is 252 g/mol. The second-order valence-corrected chi connectivity index (χ2v) is 5.32. The van der Waals surface area contributed by atoms with Crippen molar-refractivity contribution in [1.29, 1.82) is 0 Å². The summed E-state index contributed by atoms with van der Waals surface area (Å²) in [5, 5.41) is 3.13. The molecule has 0 aliphatic heterocycles. The number of hydrogen-bond acceptors (Lipinski definition) is 3. The van der Waals surface area contributed by atoms with Gasteiger partial charge in [-0.25, -0.2) is 0 Å². The number of nitrogens with two attached hydrogens (primary N) is 1. The standard InChI is InChI=1S/C16H24N2O2/c1-2-20-15-13(10-7-11-14(15)17)16(19)18-12-8-5-3-4-6-9-12/h7,10-12H,2-6,8-9,17H2,1H3,(H,18,19). The van der Waals surface area contributed by atoms with Gasteiger partial charge in [-0.15, -0.1) is 0 Å². The zero-order valence-electron chi connectivity index (χ0n) is 12.2. The Bertz CT molecular complexity index is 452. The fourth-order valence-corrected chi connectivity index (χ4v) is 2.73. The van der Waals surface area contributed by atoms with Crippen molar-refractivity contribution < 1.29 is 9.53 Å². The zero-order chi connectivity index (χ0) is 14.4. The summed E-state index contributed by atoms with van der Waals surface area (Å²) in [7, 11) is 0. The van der Waals surface area contributed by atoms with Crippen molar-refractivity contribution >= 4 is 11.6 Å². The molecule has 20 heavy (non-hydrogen) atoms. The molecule has 110 valence electrons. The van der Waals surface area contributed by atoms with E-state index in [9.17, 15) is 4.79 Å². The predicted molar refractivity (Wildman–Crippen MR) is 81.0 cm³/mol. The van der Waals surface area contributed by atoms with Crippen molar-refractivity contribution in [2.75, 3.05) is 12.3 Å². The highest BCUT2D eigenvalue weighted by Gasteiger charge is 2.19. The van der Waals surface area contributed by atoms with Crippen LogP contribution < -0.4 is 15.8 Å². The Labute approximate surface area is 120 Å². The van der Waals surface area contributed by atoms with Crippen molar-refractivity contribution in [2.24, 2.45) is 0 Å². The Morgan fingerprint density at radius 3 is 2.65 bits per heavy atom. The maximum atomic E-state index is 12.4. The summed E-state index contributed by atoms with van der Waals surface area (Å²) >= 11 is 0. The molecular formula is C16H24N2O2. The molecule has 1 aliphatic carbocycles. The Hall–Kier alpha value is -1.71. The van der Waals surface area contributed by atoms with E-state index in [-0.39, 0.29) is 11.9 Å². The third kappa shape index (κ3) is 3.65. The van der Waals surface area contributed by atoms with Crippen molar-refractivity contribution in [1.82, 2.24) is 5.32 Å². The number of amides is 1. The number of rotatable bonds is 4. The molecule has 0 aromatic heterocycles. The molecule has 1 amide bonds. The summed E-state index contributed by atoms with van der Waals surface area (Å²) in [4.78, 5) is 12.4. The van der Waals surface area contributed by atoms with Gasteiger partial charge < -0.3 is 15.8 Å². The minimum Gasteiger partial charge on any atom is -0.491 e. The van der Waals surface area contributed by atoms with Crippen molar-refractivity contribution in [3.05, 3.63) is 23.8 Å². The second kappa shape index (κ2) is 7.17. The Morgan fingerprint density at radius 1 is 1.30 bits per heavy atom. The number of ether oxygens (including phenoxy) is 1. The minimum atomic E-state index is -0.0762. The van der Waals surface area contributed by atoms with Crippen LogP contribution in [0.4, 0.5) is 5.69 Å². The normalized spacial score (nSPS) is 16.4. The molecule has 0 spiro atoms. The monoisotopic (exact) mass is 276 g/mol. The van der Waals surface area contributed by atoms with Crippen LogP contribution in [0.3, 0.4) is 0 Å². The van der Waals surface area contributed by atoms with E-state index in [1.54, 1.807) is 18.2 Å². The molecule has 0 saturated heterocycles. The lowest BCUT2D eigenvalue weighted by molar-refractivity contribution is 0.0929. The first-order valence-corrected chi connectivity index (χ1v) is 7.54. The topological polar surface area (TPSA) is 64.3 Å². The lowest BCUT2D eigenvalue weighted by Crippen LogP contribution is -2.34. The maximum absolute atomic E-state index is 12.4. The summed E-state index contributed by atoms with van der Waals surface area (Å²) in [6, 6.07) is 5.60. The summed E-state index contributed by atoms with van der Waals surface area (Å²) in [5.41, 5.74) is 6.95. The first kappa shape index (κ1) is 14.7. The highest BCUT2D eigenvalue weighted by atomic mass is 16.5. The molecule has 3 N–H and O–H groups in total. The molecule has 0 bridgehead atoms. The highest BCUT2D eigenvalue weighted by Crippen LogP contribution is 2.27. The number of nitrogen functional groups attached to an aromatic ring is 1. The number of carbonyl (C=O) groups is 1. The minimum absolute atomic E-state index is 0.0762. The van der Waals surface area contributed by atoms with Gasteiger partial charge in [-0.3, -0.25) is 4.79 Å². The van der Waals surface area contributed by atoms with Crippen LogP contribution in [0.5, 0.6) is 5.75 Å². The van der Waals surface area contributed by atoms with Gasteiger partial charge in [0, 0.05) is 6.04 Å². The fourth-order valence-electron chi connectivity index (χ4n) is 2.73. The molecule has 1 saturated carbocycles. The molecule has 1 aromatic rings. The highest BCUT2D eigenvalue weighted by molar-refractivity contribution is 5.98. The van der Waals surface area contributed by atoms with E-state index in [0.717, 1.165) is 12.8 Å². The van der Waals surface area contributed by atoms with Gasteiger partial charge >= 0.3 is 0 Å². The fraction of sp³-hybridized carbons (Fsp3) is 0.562. The van der Waals surface area contributed by atoms with Crippen LogP contribution in [0.2, 0.25) is 0 Å². The number of carbonyl (C=O) groups excluding carboxylic acids is 1. The molecule has 0 heterocycles. The number of para-hydroxylation sites is 1. The third-order valence-electron chi connectivity index (χ3n) is 3.77. The Kier molecular flexibility index (Phi) is 5.27. The van der Waals surface area contributed by atoms with E-state index < -0.39 is 0 Å². The number of anilines is 1. The van der Waals surface area contributed by atoms with Crippen molar-refractivity contribution in [3.8, 4) is 5.75 Å². The molecule has 0 atom stereocenters. The van der Waals surface area contributed by atoms with E-state index in [1.807, 2.05) is 6.92 Å². The lowest BCUT2D eigenvalue weighted by atomic mass is 10.1. The molecule has 2 rings (SSSR count). The van der Waals surface area contributed by atoms with E-state index in [4.69, 9.17) is 10.5 Å². The number of nitrogens with one attached hydrogen (secondary N) is 1. The summed E-state index contributed by atoms with van der Waals surface area (Å²) < 4.78 is 5.52. The molecule has 1 aliphatic rings. The SMILES string of the molecule is CCOc1c(N)cccc1C(=O)NC1CCCCCC1. The van der Waals surface area contributed by atoms with E-state index >= 15 is 0 Å². The number of hydrogen-bond donors (Lipinski definition) is 2. The van der Waals surface area contributed by atoms with Crippen LogP contribution in [-0.2, 0) is 0 Å². The van der Waals surface area contributed by atoms with E-state index in [1.165, 1.54) is 25.7 Å². The van der Waals surface area contributed by atoms with Crippen LogP contribution in [0.1, 0.15) is 55.8 Å². The average molecular weight is 276 g/mol. The maximum Gasteiger partial charge on any atom is 0.255 e. The lowest BCUT2D eigenvalue weighted by Gasteiger charge is -2.18. The smallest absolute Gasteiger partial charge is 0.255 e. The van der Waals surface area contributed by atoms with Gasteiger partial charge in [-0.2, -0.15) is 0 Å². The molecule has 1 fully saturated rings. The molecule has 1 aromatic carbocycles. The van der Waals surface area contributed by atoms with Crippen LogP contribution >= 0.6 is 0 Å². The van der Waals surface area contributed by atoms with Gasteiger partial charge in [0.25, 0.3) is 5.91 Å². The van der Waals surface area contributed by atoms with E-state index in [2.05, 4.69) is 5.32 Å². The molecule has 4 heteroatoms.